The van der Waals surface area contributed by atoms with Gasteiger partial charge in [0.25, 0.3) is 5.91 Å². The summed E-state index contributed by atoms with van der Waals surface area (Å²) in [7, 11) is 0. The molecular weight excluding hydrogens is 534 g/mol. The van der Waals surface area contributed by atoms with Crippen molar-refractivity contribution in [1.29, 1.82) is 0 Å². The molecule has 0 spiro atoms. The predicted octanol–water partition coefficient (Wildman–Crippen LogP) is 6.59. The van der Waals surface area contributed by atoms with Crippen molar-refractivity contribution in [3.05, 3.63) is 113 Å². The van der Waals surface area contributed by atoms with E-state index in [1.165, 1.54) is 0 Å². The largest absolute Gasteiger partial charge is 0.352 e. The molecule has 0 bridgehead atoms. The third-order valence-electron chi connectivity index (χ3n) is 9.00. The van der Waals surface area contributed by atoms with Crippen LogP contribution in [0.5, 0.6) is 0 Å². The highest BCUT2D eigenvalue weighted by molar-refractivity contribution is 6.25. The lowest BCUT2D eigenvalue weighted by Gasteiger charge is -2.33. The predicted molar refractivity (Wildman–Crippen MR) is 171 cm³/mol. The van der Waals surface area contributed by atoms with E-state index in [1.54, 1.807) is 9.80 Å². The normalized spacial score (nSPS) is 15.2. The van der Waals surface area contributed by atoms with Gasteiger partial charge in [0, 0.05) is 42.9 Å². The highest BCUT2D eigenvalue weighted by atomic mass is 16.2. The van der Waals surface area contributed by atoms with E-state index in [1.807, 2.05) is 97.9 Å². The van der Waals surface area contributed by atoms with Crippen molar-refractivity contribution in [3.8, 4) is 0 Å². The molecule has 1 aliphatic carbocycles. The standard InChI is InChI=1S/C37H39N3O3/c1-26-12-5-6-15-29(26)25-40(33(24-27-13-3-2-4-14-27)36(42)38-30-18-7-8-19-30)34(41)22-11-23-39-32-21-10-17-28-16-9-20-31(35(28)32)37(39)43/h2-6,9-10,12-17,20-21,30,33H,7-8,11,18-19,22-25H2,1H3,(H,38,42). The summed E-state index contributed by atoms with van der Waals surface area (Å²) in [6.45, 7) is 2.84. The lowest BCUT2D eigenvalue weighted by Crippen LogP contribution is -2.52. The first-order valence-corrected chi connectivity index (χ1v) is 15.5. The van der Waals surface area contributed by atoms with Crippen molar-refractivity contribution in [2.75, 3.05) is 11.4 Å². The van der Waals surface area contributed by atoms with E-state index < -0.39 is 6.04 Å². The molecule has 4 aromatic rings. The minimum absolute atomic E-state index is 0.0195. The van der Waals surface area contributed by atoms with Crippen LogP contribution in [-0.2, 0) is 22.6 Å². The quantitative estimate of drug-likeness (QED) is 0.220. The number of benzene rings is 4. The Bertz CT molecular complexity index is 1620. The summed E-state index contributed by atoms with van der Waals surface area (Å²) in [5.41, 5.74) is 4.75. The summed E-state index contributed by atoms with van der Waals surface area (Å²) < 4.78 is 0. The van der Waals surface area contributed by atoms with Gasteiger partial charge in [-0.25, -0.2) is 0 Å². The Morgan fingerprint density at radius 3 is 2.40 bits per heavy atom. The van der Waals surface area contributed by atoms with Crippen LogP contribution in [-0.4, -0.2) is 41.2 Å². The second kappa shape index (κ2) is 12.8. The molecule has 0 saturated heterocycles. The second-order valence-corrected chi connectivity index (χ2v) is 11.9. The van der Waals surface area contributed by atoms with Crippen molar-refractivity contribution in [2.24, 2.45) is 0 Å². The Labute approximate surface area is 253 Å². The number of anilines is 1. The molecule has 6 nitrogen and oxygen atoms in total. The molecule has 1 saturated carbocycles. The lowest BCUT2D eigenvalue weighted by molar-refractivity contribution is -0.141. The molecule has 0 radical (unpaired) electrons. The van der Waals surface area contributed by atoms with Gasteiger partial charge in [0.15, 0.2) is 0 Å². The summed E-state index contributed by atoms with van der Waals surface area (Å²) in [6.07, 6.45) is 5.38. The van der Waals surface area contributed by atoms with Gasteiger partial charge in [-0.1, -0.05) is 91.7 Å². The summed E-state index contributed by atoms with van der Waals surface area (Å²) in [5.74, 6) is -0.184. The molecule has 2 aliphatic rings. The Balaban J connectivity index is 1.24. The zero-order valence-corrected chi connectivity index (χ0v) is 24.8. The van der Waals surface area contributed by atoms with Crippen molar-refractivity contribution in [1.82, 2.24) is 10.2 Å². The molecule has 43 heavy (non-hydrogen) atoms. The van der Waals surface area contributed by atoms with Gasteiger partial charge >= 0.3 is 0 Å². The summed E-state index contributed by atoms with van der Waals surface area (Å²) in [6, 6.07) is 29.3. The summed E-state index contributed by atoms with van der Waals surface area (Å²) >= 11 is 0. The molecule has 4 aromatic carbocycles. The van der Waals surface area contributed by atoms with Gasteiger partial charge in [0.2, 0.25) is 11.8 Å². The summed E-state index contributed by atoms with van der Waals surface area (Å²) in [4.78, 5) is 44.9. The first-order valence-electron chi connectivity index (χ1n) is 15.5. The SMILES string of the molecule is Cc1ccccc1CN(C(=O)CCCN1C(=O)c2cccc3cccc1c23)C(Cc1ccccc1)C(=O)NC1CCCC1. The topological polar surface area (TPSA) is 69.7 Å². The van der Waals surface area contributed by atoms with Crippen LogP contribution in [0.1, 0.15) is 65.6 Å². The number of carbonyl (C=O) groups excluding carboxylic acids is 3. The van der Waals surface area contributed by atoms with E-state index in [0.29, 0.717) is 31.5 Å². The maximum absolute atomic E-state index is 14.1. The maximum atomic E-state index is 14.1. The molecule has 1 aliphatic heterocycles. The number of carbonyl (C=O) groups is 3. The number of nitrogens with zero attached hydrogens (tertiary/aromatic N) is 2. The molecule has 3 amide bonds. The molecule has 1 atom stereocenters. The van der Waals surface area contributed by atoms with E-state index in [4.69, 9.17) is 0 Å². The average Bonchev–Trinajstić information content (AvgIpc) is 3.63. The lowest BCUT2D eigenvalue weighted by atomic mass is 10.0. The fourth-order valence-electron chi connectivity index (χ4n) is 6.63. The van der Waals surface area contributed by atoms with E-state index >= 15 is 0 Å². The van der Waals surface area contributed by atoms with E-state index in [-0.39, 0.29) is 30.2 Å². The van der Waals surface area contributed by atoms with E-state index in [0.717, 1.165) is 58.8 Å². The third kappa shape index (κ3) is 6.19. The minimum atomic E-state index is -0.637. The number of hydrogen-bond acceptors (Lipinski definition) is 3. The van der Waals surface area contributed by atoms with Crippen LogP contribution in [0, 0.1) is 6.92 Å². The fourth-order valence-corrected chi connectivity index (χ4v) is 6.63. The van der Waals surface area contributed by atoms with Gasteiger partial charge < -0.3 is 15.1 Å². The van der Waals surface area contributed by atoms with E-state index in [2.05, 4.69) is 5.32 Å². The highest BCUT2D eigenvalue weighted by Gasteiger charge is 2.33. The van der Waals surface area contributed by atoms with Crippen molar-refractivity contribution in [2.45, 2.75) is 70.5 Å². The molecule has 1 fully saturated rings. The Morgan fingerprint density at radius 2 is 1.63 bits per heavy atom. The van der Waals surface area contributed by atoms with Crippen LogP contribution in [0.3, 0.4) is 0 Å². The van der Waals surface area contributed by atoms with Gasteiger partial charge in [-0.05, 0) is 60.4 Å². The monoisotopic (exact) mass is 573 g/mol. The van der Waals surface area contributed by atoms with Crippen LogP contribution in [0.2, 0.25) is 0 Å². The molecule has 0 aromatic heterocycles. The second-order valence-electron chi connectivity index (χ2n) is 11.9. The first-order chi connectivity index (χ1) is 21.0. The van der Waals surface area contributed by atoms with Gasteiger partial charge in [-0.2, -0.15) is 0 Å². The van der Waals surface area contributed by atoms with Crippen LogP contribution in [0.15, 0.2) is 91.0 Å². The summed E-state index contributed by atoms with van der Waals surface area (Å²) in [5, 5.41) is 5.30. The third-order valence-corrected chi connectivity index (χ3v) is 9.00. The van der Waals surface area contributed by atoms with Gasteiger partial charge in [0.05, 0.1) is 5.69 Å². The number of rotatable bonds is 11. The van der Waals surface area contributed by atoms with Gasteiger partial charge in [0.1, 0.15) is 6.04 Å². The van der Waals surface area contributed by atoms with Gasteiger partial charge in [-0.3, -0.25) is 14.4 Å². The molecular formula is C37H39N3O3. The van der Waals surface area contributed by atoms with Crippen molar-refractivity contribution in [3.63, 3.8) is 0 Å². The fraction of sp³-hybridized carbons (Fsp3) is 0.324. The van der Waals surface area contributed by atoms with Crippen LogP contribution >= 0.6 is 0 Å². The molecule has 1 N–H and O–H groups in total. The number of aryl methyl sites for hydroxylation is 1. The van der Waals surface area contributed by atoms with E-state index in [9.17, 15) is 14.4 Å². The molecule has 220 valence electrons. The smallest absolute Gasteiger partial charge is 0.258 e. The number of hydrogen-bond donors (Lipinski definition) is 1. The van der Waals surface area contributed by atoms with Crippen LogP contribution in [0.25, 0.3) is 10.8 Å². The van der Waals surface area contributed by atoms with Crippen LogP contribution in [0.4, 0.5) is 5.69 Å². The molecule has 1 unspecified atom stereocenters. The molecule has 1 heterocycles. The first kappa shape index (κ1) is 28.7. The minimum Gasteiger partial charge on any atom is -0.352 e. The number of amides is 3. The van der Waals surface area contributed by atoms with Crippen LogP contribution < -0.4 is 10.2 Å². The zero-order chi connectivity index (χ0) is 29.8. The Kier molecular flexibility index (Phi) is 8.55. The maximum Gasteiger partial charge on any atom is 0.258 e. The van der Waals surface area contributed by atoms with Gasteiger partial charge in [-0.15, -0.1) is 0 Å². The molecule has 6 heteroatoms. The number of nitrogens with one attached hydrogen (secondary N) is 1. The van der Waals surface area contributed by atoms with Crippen molar-refractivity contribution >= 4 is 34.2 Å². The van der Waals surface area contributed by atoms with Crippen molar-refractivity contribution < 1.29 is 14.4 Å². The zero-order valence-electron chi connectivity index (χ0n) is 24.8. The average molecular weight is 574 g/mol. The highest BCUT2D eigenvalue weighted by Crippen LogP contribution is 2.37. The molecule has 6 rings (SSSR count). The Morgan fingerprint density at radius 1 is 0.907 bits per heavy atom. The Hall–Kier alpha value is -4.45.